The van der Waals surface area contributed by atoms with E-state index in [-0.39, 0.29) is 29.5 Å². The van der Waals surface area contributed by atoms with E-state index >= 15 is 0 Å². The molecule has 1 unspecified atom stereocenters. The summed E-state index contributed by atoms with van der Waals surface area (Å²) < 4.78 is 0. The van der Waals surface area contributed by atoms with Crippen LogP contribution in [0.5, 0.6) is 0 Å². The second kappa shape index (κ2) is 6.37. The second-order valence-corrected chi connectivity index (χ2v) is 6.52. The van der Waals surface area contributed by atoms with Crippen molar-refractivity contribution < 1.29 is 14.7 Å². The summed E-state index contributed by atoms with van der Waals surface area (Å²) in [6, 6.07) is 1.54. The SMILES string of the molecule is O=C(O)c1csc(CC(=O)N2CCCC(c3n[nH]c(=O)[nH]3)C2)c1. The lowest BCUT2D eigenvalue weighted by Crippen LogP contribution is -2.40. The number of carboxylic acids is 1. The Morgan fingerprint density at radius 1 is 1.48 bits per heavy atom. The maximum atomic E-state index is 12.4. The molecule has 8 nitrogen and oxygen atoms in total. The molecule has 3 N–H and O–H groups in total. The van der Waals surface area contributed by atoms with Gasteiger partial charge < -0.3 is 10.0 Å². The largest absolute Gasteiger partial charge is 0.478 e. The van der Waals surface area contributed by atoms with Crippen LogP contribution in [0.25, 0.3) is 0 Å². The molecule has 0 spiro atoms. The van der Waals surface area contributed by atoms with E-state index in [0.717, 1.165) is 17.7 Å². The highest BCUT2D eigenvalue weighted by atomic mass is 32.1. The van der Waals surface area contributed by atoms with E-state index in [1.165, 1.54) is 17.4 Å². The summed E-state index contributed by atoms with van der Waals surface area (Å²) in [5.41, 5.74) is -0.133. The van der Waals surface area contributed by atoms with Crippen molar-refractivity contribution in [3.05, 3.63) is 38.2 Å². The van der Waals surface area contributed by atoms with Crippen molar-refractivity contribution in [3.63, 3.8) is 0 Å². The zero-order valence-electron chi connectivity index (χ0n) is 12.2. The number of nitrogens with one attached hydrogen (secondary N) is 2. The molecule has 2 aromatic rings. The average Bonchev–Trinajstić information content (AvgIpc) is 3.16. The maximum absolute atomic E-state index is 12.4. The molecule has 0 aliphatic carbocycles. The predicted octanol–water partition coefficient (Wildman–Crippen LogP) is 0.806. The number of carbonyl (C=O) groups is 2. The molecule has 1 aliphatic rings. The third kappa shape index (κ3) is 3.50. The van der Waals surface area contributed by atoms with Crippen LogP contribution in [0.4, 0.5) is 0 Å². The van der Waals surface area contributed by atoms with Crippen molar-refractivity contribution in [2.24, 2.45) is 0 Å². The van der Waals surface area contributed by atoms with Crippen LogP contribution in [0.1, 0.15) is 39.8 Å². The summed E-state index contributed by atoms with van der Waals surface area (Å²) >= 11 is 1.28. The Balaban J connectivity index is 1.64. The van der Waals surface area contributed by atoms with Crippen molar-refractivity contribution >= 4 is 23.2 Å². The molecular formula is C14H16N4O4S. The number of thiophene rings is 1. The molecule has 2 aromatic heterocycles. The Morgan fingerprint density at radius 3 is 2.96 bits per heavy atom. The molecule has 0 bridgehead atoms. The number of H-pyrrole nitrogens is 2. The molecule has 0 aromatic carbocycles. The van der Waals surface area contributed by atoms with Crippen molar-refractivity contribution in [1.29, 1.82) is 0 Å². The van der Waals surface area contributed by atoms with Crippen LogP contribution in [-0.2, 0) is 11.2 Å². The number of aromatic carboxylic acids is 1. The molecule has 1 saturated heterocycles. The van der Waals surface area contributed by atoms with E-state index in [0.29, 0.717) is 18.9 Å². The zero-order chi connectivity index (χ0) is 16.4. The molecule has 1 amide bonds. The molecule has 3 heterocycles. The number of carbonyl (C=O) groups excluding carboxylic acids is 1. The van der Waals surface area contributed by atoms with Gasteiger partial charge in [-0.15, -0.1) is 11.3 Å². The number of aromatic amines is 2. The van der Waals surface area contributed by atoms with Crippen LogP contribution in [-0.4, -0.2) is 50.2 Å². The van der Waals surface area contributed by atoms with E-state index in [4.69, 9.17) is 5.11 Å². The van der Waals surface area contributed by atoms with Crippen LogP contribution in [0.2, 0.25) is 0 Å². The van der Waals surface area contributed by atoms with Crippen molar-refractivity contribution in [3.8, 4) is 0 Å². The molecule has 0 radical (unpaired) electrons. The van der Waals surface area contributed by atoms with Crippen LogP contribution in [0.15, 0.2) is 16.2 Å². The van der Waals surface area contributed by atoms with Gasteiger partial charge in [-0.25, -0.2) is 14.7 Å². The molecule has 122 valence electrons. The minimum absolute atomic E-state index is 0.0181. The third-order valence-electron chi connectivity index (χ3n) is 3.91. The summed E-state index contributed by atoms with van der Waals surface area (Å²) in [5, 5.41) is 16.7. The third-order valence-corrected chi connectivity index (χ3v) is 4.84. The summed E-state index contributed by atoms with van der Waals surface area (Å²) in [6.45, 7) is 1.18. The molecule has 1 fully saturated rings. The summed E-state index contributed by atoms with van der Waals surface area (Å²) in [5.74, 6) is -0.423. The first kappa shape index (κ1) is 15.5. The first-order chi connectivity index (χ1) is 11.0. The maximum Gasteiger partial charge on any atom is 0.340 e. The van der Waals surface area contributed by atoms with Crippen LogP contribution in [0, 0.1) is 0 Å². The van der Waals surface area contributed by atoms with Gasteiger partial charge in [-0.2, -0.15) is 5.10 Å². The Kier molecular flexibility index (Phi) is 4.28. The number of piperidine rings is 1. The fourth-order valence-corrected chi connectivity index (χ4v) is 3.60. The first-order valence-corrected chi connectivity index (χ1v) is 8.14. The Hall–Kier alpha value is -2.42. The number of hydrogen-bond donors (Lipinski definition) is 3. The predicted molar refractivity (Wildman–Crippen MR) is 82.7 cm³/mol. The van der Waals surface area contributed by atoms with E-state index in [1.807, 2.05) is 0 Å². The molecule has 0 saturated carbocycles. The molecule has 3 rings (SSSR count). The quantitative estimate of drug-likeness (QED) is 0.763. The van der Waals surface area contributed by atoms with Gasteiger partial charge in [0.2, 0.25) is 5.91 Å². The number of nitrogens with zero attached hydrogens (tertiary/aromatic N) is 2. The van der Waals surface area contributed by atoms with E-state index in [1.54, 1.807) is 10.3 Å². The van der Waals surface area contributed by atoms with Gasteiger partial charge in [-0.05, 0) is 18.9 Å². The summed E-state index contributed by atoms with van der Waals surface area (Å²) in [6.07, 6.45) is 1.91. The number of aromatic nitrogens is 3. The van der Waals surface area contributed by atoms with Crippen molar-refractivity contribution in [2.45, 2.75) is 25.2 Å². The monoisotopic (exact) mass is 336 g/mol. The number of likely N-dealkylation sites (tertiary alicyclic amines) is 1. The van der Waals surface area contributed by atoms with Gasteiger partial charge in [-0.1, -0.05) is 0 Å². The highest BCUT2D eigenvalue weighted by molar-refractivity contribution is 7.10. The van der Waals surface area contributed by atoms with Crippen LogP contribution < -0.4 is 5.69 Å². The fourth-order valence-electron chi connectivity index (χ4n) is 2.75. The lowest BCUT2D eigenvalue weighted by Gasteiger charge is -2.31. The van der Waals surface area contributed by atoms with Crippen molar-refractivity contribution in [2.75, 3.05) is 13.1 Å². The van der Waals surface area contributed by atoms with Gasteiger partial charge in [0.1, 0.15) is 5.82 Å². The molecule has 9 heteroatoms. The summed E-state index contributed by atoms with van der Waals surface area (Å²) in [4.78, 5) is 39.6. The van der Waals surface area contributed by atoms with E-state index in [2.05, 4.69) is 15.2 Å². The molecule has 1 atom stereocenters. The Morgan fingerprint density at radius 2 is 2.30 bits per heavy atom. The standard InChI is InChI=1S/C14H16N4O4S/c19-11(5-10-4-9(7-23-10)13(20)21)18-3-1-2-8(6-18)12-15-14(22)17-16-12/h4,7-8H,1-3,5-6H2,(H,20,21)(H2,15,16,17,22). The van der Waals surface area contributed by atoms with Gasteiger partial charge in [0, 0.05) is 29.3 Å². The highest BCUT2D eigenvalue weighted by Crippen LogP contribution is 2.24. The smallest absolute Gasteiger partial charge is 0.340 e. The number of hydrogen-bond acceptors (Lipinski definition) is 5. The zero-order valence-corrected chi connectivity index (χ0v) is 13.1. The number of carboxylic acid groups (broad SMARTS) is 1. The molecule has 1 aliphatic heterocycles. The first-order valence-electron chi connectivity index (χ1n) is 7.26. The molecule has 23 heavy (non-hydrogen) atoms. The Bertz CT molecular complexity index is 778. The summed E-state index contributed by atoms with van der Waals surface area (Å²) in [7, 11) is 0. The number of amides is 1. The lowest BCUT2D eigenvalue weighted by atomic mass is 9.97. The molecular weight excluding hydrogens is 320 g/mol. The van der Waals surface area contributed by atoms with E-state index in [9.17, 15) is 14.4 Å². The van der Waals surface area contributed by atoms with Gasteiger partial charge in [-0.3, -0.25) is 9.78 Å². The van der Waals surface area contributed by atoms with Crippen LogP contribution in [0.3, 0.4) is 0 Å². The topological polar surface area (TPSA) is 119 Å². The van der Waals surface area contributed by atoms with E-state index < -0.39 is 5.97 Å². The highest BCUT2D eigenvalue weighted by Gasteiger charge is 2.27. The Labute approximate surface area is 135 Å². The van der Waals surface area contributed by atoms with Crippen molar-refractivity contribution in [1.82, 2.24) is 20.1 Å². The van der Waals surface area contributed by atoms with Gasteiger partial charge >= 0.3 is 11.7 Å². The fraction of sp³-hybridized carbons (Fsp3) is 0.429. The van der Waals surface area contributed by atoms with Gasteiger partial charge in [0.05, 0.1) is 12.0 Å². The minimum Gasteiger partial charge on any atom is -0.478 e. The normalized spacial score (nSPS) is 18.1. The van der Waals surface area contributed by atoms with Gasteiger partial charge in [0.15, 0.2) is 0 Å². The minimum atomic E-state index is -0.986. The average molecular weight is 336 g/mol. The second-order valence-electron chi connectivity index (χ2n) is 5.53. The van der Waals surface area contributed by atoms with Gasteiger partial charge in [0.25, 0.3) is 0 Å². The lowest BCUT2D eigenvalue weighted by molar-refractivity contribution is -0.131. The number of rotatable bonds is 4. The van der Waals surface area contributed by atoms with Crippen LogP contribution >= 0.6 is 11.3 Å².